The Kier molecular flexibility index (Phi) is 5.91. The Hall–Kier alpha value is -1.56. The van der Waals surface area contributed by atoms with Gasteiger partial charge in [-0.05, 0) is 65.9 Å². The van der Waals surface area contributed by atoms with Crippen molar-refractivity contribution in [1.82, 2.24) is 14.7 Å². The topological polar surface area (TPSA) is 67.6 Å². The summed E-state index contributed by atoms with van der Waals surface area (Å²) in [6.07, 6.45) is 3.19. The lowest BCUT2D eigenvalue weighted by atomic mass is 10.0. The number of likely N-dealkylation sites (tertiary alicyclic amines) is 1. The number of carbonyl (C=O) groups is 1. The molecule has 0 radical (unpaired) electrons. The summed E-state index contributed by atoms with van der Waals surface area (Å²) in [6, 6.07) is 0.324. The van der Waals surface area contributed by atoms with Crippen molar-refractivity contribution in [3.63, 3.8) is 0 Å². The van der Waals surface area contributed by atoms with Gasteiger partial charge in [0, 0.05) is 25.4 Å². The maximum atomic E-state index is 12.2. The van der Waals surface area contributed by atoms with Crippen LogP contribution in [0, 0.1) is 13.8 Å². The molecule has 24 heavy (non-hydrogen) atoms. The number of nitrogens with zero attached hydrogens (tertiary/aromatic N) is 3. The van der Waals surface area contributed by atoms with Crippen molar-refractivity contribution in [3.05, 3.63) is 17.0 Å². The molecule has 1 amide bonds. The van der Waals surface area contributed by atoms with Crippen molar-refractivity contribution in [2.24, 2.45) is 0 Å². The van der Waals surface area contributed by atoms with Gasteiger partial charge in [-0.2, -0.15) is 5.10 Å². The van der Waals surface area contributed by atoms with Crippen LogP contribution in [0.25, 0.3) is 0 Å². The summed E-state index contributed by atoms with van der Waals surface area (Å²) in [5, 5.41) is 13.8. The number of ether oxygens (including phenoxy) is 1. The summed E-state index contributed by atoms with van der Waals surface area (Å²) in [4.78, 5) is 13.9. The summed E-state index contributed by atoms with van der Waals surface area (Å²) in [5.74, 6) is 0. The maximum absolute atomic E-state index is 12.2. The van der Waals surface area contributed by atoms with E-state index >= 15 is 0 Å². The Balaban J connectivity index is 1.99. The summed E-state index contributed by atoms with van der Waals surface area (Å²) in [7, 11) is 0. The van der Waals surface area contributed by atoms with E-state index in [0.717, 1.165) is 31.4 Å². The number of amides is 1. The number of hydrogen-bond acceptors (Lipinski definition) is 4. The molecule has 2 heterocycles. The van der Waals surface area contributed by atoms with Gasteiger partial charge in [-0.25, -0.2) is 4.79 Å². The Morgan fingerprint density at radius 3 is 2.46 bits per heavy atom. The average Bonchev–Trinajstić information content (AvgIpc) is 2.78. The molecule has 0 atom stereocenters. The molecule has 0 aromatic carbocycles. The Labute approximate surface area is 144 Å². The molecule has 1 aromatic rings. The van der Waals surface area contributed by atoms with E-state index in [2.05, 4.69) is 11.6 Å². The molecule has 6 heteroatoms. The second-order valence-electron chi connectivity index (χ2n) is 7.62. The predicted octanol–water partition coefficient (Wildman–Crippen LogP) is 3.00. The number of aliphatic hydroxyl groups excluding tert-OH is 1. The molecule has 0 saturated carbocycles. The van der Waals surface area contributed by atoms with Gasteiger partial charge < -0.3 is 14.7 Å². The second-order valence-corrected chi connectivity index (χ2v) is 7.62. The summed E-state index contributed by atoms with van der Waals surface area (Å²) in [5.41, 5.74) is 3.04. The molecule has 6 nitrogen and oxygen atoms in total. The van der Waals surface area contributed by atoms with E-state index in [9.17, 15) is 4.79 Å². The minimum absolute atomic E-state index is 0.207. The van der Waals surface area contributed by atoms with Gasteiger partial charge in [0.2, 0.25) is 0 Å². The SMILES string of the molecule is Cc1nn(C2CCN(C(=O)OC(C)(C)C)CC2)c(C)c1CCCO. The molecule has 0 aliphatic carbocycles. The van der Waals surface area contributed by atoms with Crippen molar-refractivity contribution in [2.75, 3.05) is 19.7 Å². The van der Waals surface area contributed by atoms with Crippen LogP contribution in [-0.4, -0.2) is 51.2 Å². The van der Waals surface area contributed by atoms with Crippen LogP contribution in [0.5, 0.6) is 0 Å². The zero-order valence-electron chi connectivity index (χ0n) is 15.6. The van der Waals surface area contributed by atoms with Gasteiger partial charge in [-0.3, -0.25) is 4.68 Å². The smallest absolute Gasteiger partial charge is 0.410 e. The molecule has 1 aliphatic rings. The molecular formula is C18H31N3O3. The van der Waals surface area contributed by atoms with Crippen LogP contribution in [0.2, 0.25) is 0 Å². The average molecular weight is 337 g/mol. The molecule has 0 bridgehead atoms. The maximum Gasteiger partial charge on any atom is 0.410 e. The summed E-state index contributed by atoms with van der Waals surface area (Å²) < 4.78 is 7.57. The fourth-order valence-electron chi connectivity index (χ4n) is 3.29. The molecule has 1 aromatic heterocycles. The quantitative estimate of drug-likeness (QED) is 0.917. The lowest BCUT2D eigenvalue weighted by Crippen LogP contribution is -2.42. The van der Waals surface area contributed by atoms with Crippen molar-refractivity contribution < 1.29 is 14.6 Å². The van der Waals surface area contributed by atoms with Crippen LogP contribution in [-0.2, 0) is 11.2 Å². The highest BCUT2D eigenvalue weighted by molar-refractivity contribution is 5.68. The molecule has 136 valence electrons. The third-order valence-electron chi connectivity index (χ3n) is 4.52. The first-order valence-corrected chi connectivity index (χ1v) is 8.86. The van der Waals surface area contributed by atoms with Gasteiger partial charge in [0.1, 0.15) is 5.60 Å². The largest absolute Gasteiger partial charge is 0.444 e. The first-order chi connectivity index (χ1) is 11.2. The van der Waals surface area contributed by atoms with Gasteiger partial charge in [0.05, 0.1) is 11.7 Å². The molecule has 1 saturated heterocycles. The van der Waals surface area contributed by atoms with E-state index in [1.54, 1.807) is 4.90 Å². The Morgan fingerprint density at radius 1 is 1.29 bits per heavy atom. The standard InChI is InChI=1S/C18H31N3O3/c1-13-16(7-6-12-22)14(2)21(19-13)15-8-10-20(11-9-15)17(23)24-18(3,4)5/h15,22H,6-12H2,1-5H3. The van der Waals surface area contributed by atoms with Crippen molar-refractivity contribution in [1.29, 1.82) is 0 Å². The Morgan fingerprint density at radius 2 is 1.92 bits per heavy atom. The predicted molar refractivity (Wildman–Crippen MR) is 93.2 cm³/mol. The van der Waals surface area contributed by atoms with E-state index < -0.39 is 5.60 Å². The minimum atomic E-state index is -0.453. The molecule has 0 spiro atoms. The van der Waals surface area contributed by atoms with Crippen molar-refractivity contribution >= 4 is 6.09 Å². The van der Waals surface area contributed by atoms with E-state index in [-0.39, 0.29) is 12.7 Å². The van der Waals surface area contributed by atoms with Crippen LogP contribution < -0.4 is 0 Å². The van der Waals surface area contributed by atoms with Crippen LogP contribution in [0.15, 0.2) is 0 Å². The number of rotatable bonds is 4. The van der Waals surface area contributed by atoms with Gasteiger partial charge in [-0.1, -0.05) is 0 Å². The van der Waals surface area contributed by atoms with Gasteiger partial charge in [-0.15, -0.1) is 0 Å². The monoisotopic (exact) mass is 337 g/mol. The summed E-state index contributed by atoms with van der Waals surface area (Å²) in [6.45, 7) is 11.4. The van der Waals surface area contributed by atoms with Crippen LogP contribution >= 0.6 is 0 Å². The third kappa shape index (κ3) is 4.50. The fraction of sp³-hybridized carbons (Fsp3) is 0.778. The van der Waals surface area contributed by atoms with Crippen LogP contribution in [0.3, 0.4) is 0 Å². The van der Waals surface area contributed by atoms with E-state index in [0.29, 0.717) is 19.1 Å². The number of aliphatic hydroxyl groups is 1. The molecular weight excluding hydrogens is 306 g/mol. The minimum Gasteiger partial charge on any atom is -0.444 e. The number of aryl methyl sites for hydroxylation is 1. The zero-order valence-corrected chi connectivity index (χ0v) is 15.6. The van der Waals surface area contributed by atoms with Crippen LogP contribution in [0.1, 0.15) is 63.0 Å². The highest BCUT2D eigenvalue weighted by atomic mass is 16.6. The third-order valence-corrected chi connectivity index (χ3v) is 4.52. The fourth-order valence-corrected chi connectivity index (χ4v) is 3.29. The molecule has 0 unspecified atom stereocenters. The lowest BCUT2D eigenvalue weighted by molar-refractivity contribution is 0.0184. The second kappa shape index (κ2) is 7.55. The van der Waals surface area contributed by atoms with Gasteiger partial charge in [0.25, 0.3) is 0 Å². The first-order valence-electron chi connectivity index (χ1n) is 8.86. The molecule has 1 aliphatic heterocycles. The molecule has 1 N–H and O–H groups in total. The van der Waals surface area contributed by atoms with E-state index in [1.807, 2.05) is 27.7 Å². The van der Waals surface area contributed by atoms with Crippen molar-refractivity contribution in [3.8, 4) is 0 Å². The summed E-state index contributed by atoms with van der Waals surface area (Å²) >= 11 is 0. The normalized spacial score (nSPS) is 16.5. The number of hydrogen-bond donors (Lipinski definition) is 1. The Bertz CT molecular complexity index is 567. The molecule has 1 fully saturated rings. The lowest BCUT2D eigenvalue weighted by Gasteiger charge is -2.34. The van der Waals surface area contributed by atoms with E-state index in [1.165, 1.54) is 11.3 Å². The zero-order chi connectivity index (χ0) is 17.9. The van der Waals surface area contributed by atoms with Gasteiger partial charge in [0.15, 0.2) is 0 Å². The van der Waals surface area contributed by atoms with Gasteiger partial charge >= 0.3 is 6.09 Å². The molecule has 2 rings (SSSR count). The van der Waals surface area contributed by atoms with Crippen LogP contribution in [0.4, 0.5) is 4.79 Å². The number of piperidine rings is 1. The van der Waals surface area contributed by atoms with Crippen molar-refractivity contribution in [2.45, 2.75) is 71.9 Å². The van der Waals surface area contributed by atoms with E-state index in [4.69, 9.17) is 14.9 Å². The first kappa shape index (κ1) is 18.8. The highest BCUT2D eigenvalue weighted by Gasteiger charge is 2.29. The number of carbonyl (C=O) groups excluding carboxylic acids is 1. The highest BCUT2D eigenvalue weighted by Crippen LogP contribution is 2.27. The number of aromatic nitrogens is 2.